The van der Waals surface area contributed by atoms with E-state index in [0.29, 0.717) is 17.6 Å². The summed E-state index contributed by atoms with van der Waals surface area (Å²) in [5, 5.41) is 3.14. The van der Waals surface area contributed by atoms with E-state index in [1.807, 2.05) is 0 Å². The lowest BCUT2D eigenvalue weighted by Crippen LogP contribution is -2.39. The first kappa shape index (κ1) is 12.7. The maximum atomic E-state index is 13.7. The Kier molecular flexibility index (Phi) is 4.25. The van der Waals surface area contributed by atoms with Crippen LogP contribution in [0.3, 0.4) is 0 Å². The molecule has 3 nitrogen and oxygen atoms in total. The van der Waals surface area contributed by atoms with Gasteiger partial charge in [0.25, 0.3) is 0 Å². The average Bonchev–Trinajstić information content (AvgIpc) is 2.34. The van der Waals surface area contributed by atoms with E-state index in [4.69, 9.17) is 4.74 Å². The Labute approximate surface area is 107 Å². The molecule has 1 N–H and O–H groups in total. The molecule has 1 unspecified atom stereocenters. The number of hydrogen-bond donors (Lipinski definition) is 1. The van der Waals surface area contributed by atoms with Crippen molar-refractivity contribution in [3.63, 3.8) is 0 Å². The Morgan fingerprint density at radius 2 is 2.41 bits per heavy atom. The molecule has 0 radical (unpaired) electrons. The number of morpholine rings is 1. The Morgan fingerprint density at radius 1 is 1.59 bits per heavy atom. The van der Waals surface area contributed by atoms with Crippen molar-refractivity contribution in [3.8, 4) is 0 Å². The minimum absolute atomic E-state index is 0.119. The van der Waals surface area contributed by atoms with E-state index in [1.54, 1.807) is 12.1 Å². The van der Waals surface area contributed by atoms with E-state index in [-0.39, 0.29) is 23.9 Å². The zero-order valence-electron chi connectivity index (χ0n) is 9.21. The molecular formula is C12H13BrFNO2. The number of ketones is 1. The Morgan fingerprint density at radius 3 is 3.12 bits per heavy atom. The zero-order valence-corrected chi connectivity index (χ0v) is 10.8. The van der Waals surface area contributed by atoms with Gasteiger partial charge in [-0.15, -0.1) is 0 Å². The molecule has 1 aromatic rings. The van der Waals surface area contributed by atoms with Gasteiger partial charge >= 0.3 is 0 Å². The highest BCUT2D eigenvalue weighted by molar-refractivity contribution is 9.10. The number of benzene rings is 1. The van der Waals surface area contributed by atoms with Gasteiger partial charge in [-0.05, 0) is 28.1 Å². The molecule has 0 aromatic heterocycles. The second kappa shape index (κ2) is 5.71. The van der Waals surface area contributed by atoms with Crippen LogP contribution in [0.4, 0.5) is 4.39 Å². The molecule has 0 spiro atoms. The van der Waals surface area contributed by atoms with Gasteiger partial charge in [-0.3, -0.25) is 4.79 Å². The van der Waals surface area contributed by atoms with Crippen molar-refractivity contribution in [1.82, 2.24) is 5.32 Å². The summed E-state index contributed by atoms with van der Waals surface area (Å²) < 4.78 is 19.4. The number of carbonyl (C=O) groups is 1. The van der Waals surface area contributed by atoms with Crippen LogP contribution >= 0.6 is 15.9 Å². The molecule has 1 saturated heterocycles. The van der Waals surface area contributed by atoms with Crippen molar-refractivity contribution in [2.24, 2.45) is 0 Å². The fourth-order valence-electron chi connectivity index (χ4n) is 1.79. The largest absolute Gasteiger partial charge is 0.375 e. The lowest BCUT2D eigenvalue weighted by atomic mass is 10.0. The molecule has 92 valence electrons. The molecule has 2 rings (SSSR count). The minimum atomic E-state index is -0.499. The molecular weight excluding hydrogens is 289 g/mol. The molecule has 5 heteroatoms. The number of hydrogen-bond acceptors (Lipinski definition) is 3. The van der Waals surface area contributed by atoms with Crippen molar-refractivity contribution < 1.29 is 13.9 Å². The highest BCUT2D eigenvalue weighted by Gasteiger charge is 2.21. The number of rotatable bonds is 3. The summed E-state index contributed by atoms with van der Waals surface area (Å²) in [6, 6.07) is 4.73. The fraction of sp³-hybridized carbons (Fsp3) is 0.417. The van der Waals surface area contributed by atoms with Gasteiger partial charge in [0.1, 0.15) is 5.82 Å². The standard InChI is InChI=1S/C12H13BrFNO2/c13-10-3-1-2-9(12(10)14)11(16)6-8-7-15-4-5-17-8/h1-3,8,15H,4-7H2. The number of ether oxygens (including phenoxy) is 1. The molecule has 0 bridgehead atoms. The summed E-state index contributed by atoms with van der Waals surface area (Å²) in [5.41, 5.74) is 0.119. The number of carbonyl (C=O) groups excluding carboxylic acids is 1. The van der Waals surface area contributed by atoms with Gasteiger partial charge < -0.3 is 10.1 Å². The van der Waals surface area contributed by atoms with Crippen LogP contribution in [0.25, 0.3) is 0 Å². The summed E-state index contributed by atoms with van der Waals surface area (Å²) in [5.74, 6) is -0.723. The summed E-state index contributed by atoms with van der Waals surface area (Å²) in [6.07, 6.45) is 0.0510. The van der Waals surface area contributed by atoms with Crippen LogP contribution in [-0.4, -0.2) is 31.6 Å². The molecule has 17 heavy (non-hydrogen) atoms. The normalized spacial score (nSPS) is 20.2. The maximum Gasteiger partial charge on any atom is 0.168 e. The van der Waals surface area contributed by atoms with Crippen molar-refractivity contribution in [2.75, 3.05) is 19.7 Å². The quantitative estimate of drug-likeness (QED) is 0.870. The van der Waals surface area contributed by atoms with E-state index in [2.05, 4.69) is 21.2 Å². The first-order valence-electron chi connectivity index (χ1n) is 5.48. The van der Waals surface area contributed by atoms with Crippen molar-refractivity contribution in [1.29, 1.82) is 0 Å². The lowest BCUT2D eigenvalue weighted by molar-refractivity contribution is 0.0239. The predicted molar refractivity (Wildman–Crippen MR) is 65.7 cm³/mol. The first-order valence-corrected chi connectivity index (χ1v) is 6.27. The summed E-state index contributed by atoms with van der Waals surface area (Å²) >= 11 is 3.07. The molecule has 1 atom stereocenters. The number of nitrogens with one attached hydrogen (secondary N) is 1. The highest BCUT2D eigenvalue weighted by Crippen LogP contribution is 2.20. The monoisotopic (exact) mass is 301 g/mol. The third kappa shape index (κ3) is 3.12. The first-order chi connectivity index (χ1) is 8.18. The smallest absolute Gasteiger partial charge is 0.168 e. The van der Waals surface area contributed by atoms with Crippen LogP contribution < -0.4 is 5.32 Å². The molecule has 1 aliphatic heterocycles. The van der Waals surface area contributed by atoms with Gasteiger partial charge in [-0.25, -0.2) is 4.39 Å². The van der Waals surface area contributed by atoms with Crippen molar-refractivity contribution >= 4 is 21.7 Å². The summed E-state index contributed by atoms with van der Waals surface area (Å²) in [7, 11) is 0. The topological polar surface area (TPSA) is 38.3 Å². The van der Waals surface area contributed by atoms with Crippen LogP contribution in [0.2, 0.25) is 0 Å². The Bertz CT molecular complexity index is 419. The van der Waals surface area contributed by atoms with Crippen LogP contribution in [0.1, 0.15) is 16.8 Å². The summed E-state index contributed by atoms with van der Waals surface area (Å²) in [6.45, 7) is 2.04. The average molecular weight is 302 g/mol. The second-order valence-corrected chi connectivity index (χ2v) is 4.78. The van der Waals surface area contributed by atoms with Gasteiger partial charge in [0.15, 0.2) is 5.78 Å². The molecule has 1 aromatic carbocycles. The van der Waals surface area contributed by atoms with Gasteiger partial charge in [0, 0.05) is 19.5 Å². The van der Waals surface area contributed by atoms with E-state index in [9.17, 15) is 9.18 Å². The highest BCUT2D eigenvalue weighted by atomic mass is 79.9. The predicted octanol–water partition coefficient (Wildman–Crippen LogP) is 2.15. The van der Waals surface area contributed by atoms with Gasteiger partial charge in [0.05, 0.1) is 22.7 Å². The van der Waals surface area contributed by atoms with Crippen molar-refractivity contribution in [3.05, 3.63) is 34.1 Å². The summed E-state index contributed by atoms with van der Waals surface area (Å²) in [4.78, 5) is 11.9. The molecule has 0 amide bonds. The van der Waals surface area contributed by atoms with Crippen molar-refractivity contribution in [2.45, 2.75) is 12.5 Å². The molecule has 0 saturated carbocycles. The van der Waals surface area contributed by atoms with Crippen LogP contribution in [0, 0.1) is 5.82 Å². The fourth-order valence-corrected chi connectivity index (χ4v) is 2.15. The number of Topliss-reactive ketones (excluding diaryl/α,β-unsaturated/α-hetero) is 1. The van der Waals surface area contributed by atoms with E-state index < -0.39 is 5.82 Å². The maximum absolute atomic E-state index is 13.7. The van der Waals surface area contributed by atoms with E-state index in [0.717, 1.165) is 6.54 Å². The third-order valence-electron chi connectivity index (χ3n) is 2.67. The van der Waals surface area contributed by atoms with Gasteiger partial charge in [0.2, 0.25) is 0 Å². The van der Waals surface area contributed by atoms with Crippen LogP contribution in [-0.2, 0) is 4.74 Å². The van der Waals surface area contributed by atoms with Gasteiger partial charge in [-0.1, -0.05) is 6.07 Å². The van der Waals surface area contributed by atoms with E-state index >= 15 is 0 Å². The van der Waals surface area contributed by atoms with Crippen LogP contribution in [0.5, 0.6) is 0 Å². The molecule has 1 fully saturated rings. The Balaban J connectivity index is 2.06. The zero-order chi connectivity index (χ0) is 12.3. The molecule has 1 heterocycles. The molecule has 0 aliphatic carbocycles. The molecule has 1 aliphatic rings. The lowest BCUT2D eigenvalue weighted by Gasteiger charge is -2.23. The number of halogens is 2. The Hall–Kier alpha value is -0.780. The van der Waals surface area contributed by atoms with Crippen LogP contribution in [0.15, 0.2) is 22.7 Å². The van der Waals surface area contributed by atoms with Gasteiger partial charge in [-0.2, -0.15) is 0 Å². The minimum Gasteiger partial charge on any atom is -0.375 e. The second-order valence-electron chi connectivity index (χ2n) is 3.93. The third-order valence-corrected chi connectivity index (χ3v) is 3.28. The SMILES string of the molecule is O=C(CC1CNCCO1)c1cccc(Br)c1F. The van der Waals surface area contributed by atoms with E-state index in [1.165, 1.54) is 6.07 Å².